The number of carboxylic acids is 1. The van der Waals surface area contributed by atoms with Crippen molar-refractivity contribution in [3.8, 4) is 0 Å². The molecule has 0 spiro atoms. The normalized spacial score (nSPS) is 14.1. The van der Waals surface area contributed by atoms with Crippen molar-refractivity contribution in [3.05, 3.63) is 34.9 Å². The van der Waals surface area contributed by atoms with Crippen molar-refractivity contribution in [1.82, 2.24) is 4.90 Å². The number of aryl methyl sites for hydroxylation is 2. The van der Waals surface area contributed by atoms with Crippen LogP contribution in [0.4, 0.5) is 0 Å². The number of amides is 1. The summed E-state index contributed by atoms with van der Waals surface area (Å²) in [7, 11) is 0. The second kappa shape index (κ2) is 6.07. The number of hydrogen-bond acceptors (Lipinski definition) is 2. The van der Waals surface area contributed by atoms with E-state index in [0.717, 1.165) is 24.0 Å². The number of nitrogens with zero attached hydrogens (tertiary/aromatic N) is 1. The van der Waals surface area contributed by atoms with Crippen LogP contribution in [-0.2, 0) is 16.0 Å². The van der Waals surface area contributed by atoms with E-state index in [0.29, 0.717) is 12.5 Å². The van der Waals surface area contributed by atoms with Crippen molar-refractivity contribution < 1.29 is 14.7 Å². The van der Waals surface area contributed by atoms with Crippen molar-refractivity contribution in [1.29, 1.82) is 0 Å². The highest BCUT2D eigenvalue weighted by Gasteiger charge is 2.27. The number of rotatable bonds is 6. The molecule has 0 saturated heterocycles. The molecule has 0 atom stereocenters. The maximum Gasteiger partial charge on any atom is 0.323 e. The van der Waals surface area contributed by atoms with Crippen molar-refractivity contribution in [2.75, 3.05) is 13.1 Å². The number of carboxylic acid groups (broad SMARTS) is 1. The average Bonchev–Trinajstić information content (AvgIpc) is 3.16. The fourth-order valence-electron chi connectivity index (χ4n) is 2.23. The largest absolute Gasteiger partial charge is 0.480 e. The second-order valence-electron chi connectivity index (χ2n) is 5.71. The Hall–Kier alpha value is -1.84. The molecule has 0 bridgehead atoms. The molecule has 1 aromatic rings. The lowest BCUT2D eigenvalue weighted by molar-refractivity contribution is -0.144. The molecule has 0 aliphatic heterocycles. The van der Waals surface area contributed by atoms with Gasteiger partial charge in [-0.2, -0.15) is 0 Å². The molecule has 4 heteroatoms. The Labute approximate surface area is 119 Å². The molecular formula is C16H21NO3. The summed E-state index contributed by atoms with van der Waals surface area (Å²) in [6.45, 7) is 4.43. The van der Waals surface area contributed by atoms with Gasteiger partial charge in [0.25, 0.3) is 0 Å². The number of carbonyl (C=O) groups is 2. The summed E-state index contributed by atoms with van der Waals surface area (Å²) in [5, 5.41) is 8.92. The van der Waals surface area contributed by atoms with Gasteiger partial charge in [-0.25, -0.2) is 0 Å². The number of aliphatic carboxylic acids is 1. The van der Waals surface area contributed by atoms with E-state index in [9.17, 15) is 9.59 Å². The molecule has 1 aliphatic rings. The summed E-state index contributed by atoms with van der Waals surface area (Å²) in [4.78, 5) is 24.6. The molecule has 1 saturated carbocycles. The Morgan fingerprint density at radius 1 is 1.25 bits per heavy atom. The zero-order valence-corrected chi connectivity index (χ0v) is 12.1. The SMILES string of the molecule is Cc1ccc(CC(=O)N(CC(=O)O)CC2CC2)cc1C. The number of carbonyl (C=O) groups excluding carboxylic acids is 1. The molecule has 1 aromatic carbocycles. The third-order valence-electron chi connectivity index (χ3n) is 3.78. The summed E-state index contributed by atoms with van der Waals surface area (Å²) in [6.07, 6.45) is 2.49. The predicted octanol–water partition coefficient (Wildman–Crippen LogP) is 2.17. The van der Waals surface area contributed by atoms with E-state index < -0.39 is 5.97 Å². The van der Waals surface area contributed by atoms with Crippen molar-refractivity contribution >= 4 is 11.9 Å². The second-order valence-corrected chi connectivity index (χ2v) is 5.71. The first kappa shape index (κ1) is 14.6. The van der Waals surface area contributed by atoms with Gasteiger partial charge in [0.15, 0.2) is 0 Å². The number of benzene rings is 1. The standard InChI is InChI=1S/C16H21NO3/c1-11-3-4-14(7-12(11)2)8-15(18)17(10-16(19)20)9-13-5-6-13/h3-4,7,13H,5-6,8-10H2,1-2H3,(H,19,20). The smallest absolute Gasteiger partial charge is 0.323 e. The highest BCUT2D eigenvalue weighted by atomic mass is 16.4. The molecule has 108 valence electrons. The fourth-order valence-corrected chi connectivity index (χ4v) is 2.23. The minimum Gasteiger partial charge on any atom is -0.480 e. The van der Waals surface area contributed by atoms with Crippen LogP contribution >= 0.6 is 0 Å². The summed E-state index contributed by atoms with van der Waals surface area (Å²) in [5.74, 6) is -0.542. The van der Waals surface area contributed by atoms with E-state index >= 15 is 0 Å². The lowest BCUT2D eigenvalue weighted by Gasteiger charge is -2.20. The minimum absolute atomic E-state index is 0.0949. The van der Waals surface area contributed by atoms with Crippen LogP contribution in [0.1, 0.15) is 29.5 Å². The molecule has 0 radical (unpaired) electrons. The van der Waals surface area contributed by atoms with Crippen LogP contribution in [0.3, 0.4) is 0 Å². The Bertz CT molecular complexity index is 520. The van der Waals surface area contributed by atoms with E-state index in [1.165, 1.54) is 10.5 Å². The third kappa shape index (κ3) is 4.08. The zero-order valence-electron chi connectivity index (χ0n) is 12.1. The molecule has 0 heterocycles. The molecule has 1 amide bonds. The molecule has 0 unspecified atom stereocenters. The van der Waals surface area contributed by atoms with Crippen molar-refractivity contribution in [2.24, 2.45) is 5.92 Å². The molecule has 4 nitrogen and oxygen atoms in total. The van der Waals surface area contributed by atoms with Crippen molar-refractivity contribution in [2.45, 2.75) is 33.1 Å². The van der Waals surface area contributed by atoms with E-state index in [1.807, 2.05) is 32.0 Å². The Kier molecular flexibility index (Phi) is 4.42. The summed E-state index contributed by atoms with van der Waals surface area (Å²) in [6, 6.07) is 5.94. The first-order chi connectivity index (χ1) is 9.45. The van der Waals surface area contributed by atoms with Crippen LogP contribution < -0.4 is 0 Å². The highest BCUT2D eigenvalue weighted by Crippen LogP contribution is 2.29. The van der Waals surface area contributed by atoms with Crippen LogP contribution in [0.5, 0.6) is 0 Å². The molecule has 1 N–H and O–H groups in total. The van der Waals surface area contributed by atoms with Gasteiger partial charge < -0.3 is 10.0 Å². The van der Waals surface area contributed by atoms with Gasteiger partial charge in [-0.15, -0.1) is 0 Å². The fraction of sp³-hybridized carbons (Fsp3) is 0.500. The van der Waals surface area contributed by atoms with E-state index in [1.54, 1.807) is 0 Å². The van der Waals surface area contributed by atoms with Gasteiger partial charge in [0.2, 0.25) is 5.91 Å². The number of hydrogen-bond donors (Lipinski definition) is 1. The summed E-state index contributed by atoms with van der Waals surface area (Å²) >= 11 is 0. The molecule has 0 aromatic heterocycles. The average molecular weight is 275 g/mol. The van der Waals surface area contributed by atoms with Gasteiger partial charge in [-0.05, 0) is 49.3 Å². The molecule has 1 aliphatic carbocycles. The van der Waals surface area contributed by atoms with Gasteiger partial charge in [-0.3, -0.25) is 9.59 Å². The van der Waals surface area contributed by atoms with Crippen LogP contribution in [0.15, 0.2) is 18.2 Å². The van der Waals surface area contributed by atoms with Crippen LogP contribution in [0, 0.1) is 19.8 Å². The molecular weight excluding hydrogens is 254 g/mol. The maximum absolute atomic E-state index is 12.3. The lowest BCUT2D eigenvalue weighted by Crippen LogP contribution is -2.38. The molecule has 20 heavy (non-hydrogen) atoms. The van der Waals surface area contributed by atoms with E-state index in [-0.39, 0.29) is 18.9 Å². The van der Waals surface area contributed by atoms with E-state index in [2.05, 4.69) is 0 Å². The van der Waals surface area contributed by atoms with Gasteiger partial charge in [0, 0.05) is 6.54 Å². The Balaban J connectivity index is 2.02. The predicted molar refractivity (Wildman–Crippen MR) is 76.6 cm³/mol. The maximum atomic E-state index is 12.3. The topological polar surface area (TPSA) is 57.6 Å². The van der Waals surface area contributed by atoms with Gasteiger partial charge in [0.05, 0.1) is 6.42 Å². The molecule has 2 rings (SSSR count). The van der Waals surface area contributed by atoms with Crippen LogP contribution in [0.25, 0.3) is 0 Å². The zero-order chi connectivity index (χ0) is 14.7. The molecule has 1 fully saturated rings. The quantitative estimate of drug-likeness (QED) is 0.865. The highest BCUT2D eigenvalue weighted by molar-refractivity contribution is 5.83. The summed E-state index contributed by atoms with van der Waals surface area (Å²) in [5.41, 5.74) is 3.30. The van der Waals surface area contributed by atoms with Gasteiger partial charge in [-0.1, -0.05) is 18.2 Å². The minimum atomic E-state index is -0.945. The van der Waals surface area contributed by atoms with E-state index in [4.69, 9.17) is 5.11 Å². The lowest BCUT2D eigenvalue weighted by atomic mass is 10.0. The van der Waals surface area contributed by atoms with Crippen LogP contribution in [0.2, 0.25) is 0 Å². The van der Waals surface area contributed by atoms with Crippen LogP contribution in [-0.4, -0.2) is 35.0 Å². The summed E-state index contributed by atoms with van der Waals surface area (Å²) < 4.78 is 0. The first-order valence-corrected chi connectivity index (χ1v) is 7.01. The first-order valence-electron chi connectivity index (χ1n) is 7.01. The van der Waals surface area contributed by atoms with Crippen molar-refractivity contribution in [3.63, 3.8) is 0 Å². The van der Waals surface area contributed by atoms with Gasteiger partial charge in [0.1, 0.15) is 6.54 Å². The Morgan fingerprint density at radius 3 is 2.50 bits per heavy atom. The monoisotopic (exact) mass is 275 g/mol. The third-order valence-corrected chi connectivity index (χ3v) is 3.78. The van der Waals surface area contributed by atoms with Gasteiger partial charge >= 0.3 is 5.97 Å². The Morgan fingerprint density at radius 2 is 1.95 bits per heavy atom.